The molecule has 7 nitrogen and oxygen atoms in total. The van der Waals surface area contributed by atoms with Gasteiger partial charge in [-0.05, 0) is 49.4 Å². The Hall–Kier alpha value is -3.61. The Labute approximate surface area is 157 Å². The van der Waals surface area contributed by atoms with Gasteiger partial charge in [-0.2, -0.15) is 4.98 Å². The maximum atomic E-state index is 11.2. The molecule has 1 aromatic heterocycles. The molecule has 0 radical (unpaired) electrons. The molecule has 0 fully saturated rings. The zero-order valence-corrected chi connectivity index (χ0v) is 15.4. The van der Waals surface area contributed by atoms with Gasteiger partial charge in [0.1, 0.15) is 11.6 Å². The van der Waals surface area contributed by atoms with Crippen LogP contribution in [0.2, 0.25) is 0 Å². The molecule has 0 unspecified atom stereocenters. The molecule has 1 amide bonds. The van der Waals surface area contributed by atoms with E-state index in [1.165, 1.54) is 6.92 Å². The van der Waals surface area contributed by atoms with Crippen molar-refractivity contribution < 1.29 is 9.53 Å². The first-order valence-electron chi connectivity index (χ1n) is 8.43. The molecule has 0 atom stereocenters. The summed E-state index contributed by atoms with van der Waals surface area (Å²) in [6.07, 6.45) is 0. The van der Waals surface area contributed by atoms with Gasteiger partial charge in [0.25, 0.3) is 0 Å². The van der Waals surface area contributed by atoms with Crippen molar-refractivity contribution in [3.63, 3.8) is 0 Å². The Morgan fingerprint density at radius 3 is 2.37 bits per heavy atom. The molecule has 0 aliphatic carbocycles. The smallest absolute Gasteiger partial charge is 0.229 e. The van der Waals surface area contributed by atoms with Gasteiger partial charge in [0, 0.05) is 35.7 Å². The molecule has 138 valence electrons. The number of methoxy groups -OCH3 is 1. The van der Waals surface area contributed by atoms with Gasteiger partial charge >= 0.3 is 0 Å². The number of anilines is 5. The summed E-state index contributed by atoms with van der Waals surface area (Å²) in [6.45, 7) is 3.38. The Morgan fingerprint density at radius 2 is 1.67 bits per heavy atom. The molecule has 0 saturated heterocycles. The van der Waals surface area contributed by atoms with Crippen LogP contribution in [0.25, 0.3) is 0 Å². The van der Waals surface area contributed by atoms with Crippen molar-refractivity contribution in [3.05, 3.63) is 60.3 Å². The monoisotopic (exact) mass is 363 g/mol. The summed E-state index contributed by atoms with van der Waals surface area (Å²) in [5, 5.41) is 9.18. The van der Waals surface area contributed by atoms with Crippen molar-refractivity contribution >= 4 is 34.7 Å². The van der Waals surface area contributed by atoms with E-state index in [0.717, 1.165) is 22.8 Å². The third-order valence-electron chi connectivity index (χ3n) is 3.66. The van der Waals surface area contributed by atoms with Crippen LogP contribution < -0.4 is 20.7 Å². The van der Waals surface area contributed by atoms with Crippen molar-refractivity contribution in [2.24, 2.45) is 0 Å². The first kappa shape index (κ1) is 18.2. The van der Waals surface area contributed by atoms with Gasteiger partial charge in [0.15, 0.2) is 0 Å². The quantitative estimate of drug-likeness (QED) is 0.607. The largest absolute Gasteiger partial charge is 0.497 e. The van der Waals surface area contributed by atoms with Crippen LogP contribution in [-0.2, 0) is 4.79 Å². The van der Waals surface area contributed by atoms with E-state index in [1.54, 1.807) is 7.11 Å². The van der Waals surface area contributed by atoms with Gasteiger partial charge in [0.05, 0.1) is 7.11 Å². The van der Waals surface area contributed by atoms with E-state index in [4.69, 9.17) is 4.74 Å². The maximum absolute atomic E-state index is 11.2. The number of hydrogen-bond acceptors (Lipinski definition) is 6. The van der Waals surface area contributed by atoms with E-state index in [2.05, 4.69) is 25.9 Å². The number of hydrogen-bond donors (Lipinski definition) is 3. The molecule has 27 heavy (non-hydrogen) atoms. The molecule has 0 spiro atoms. The number of aryl methyl sites for hydroxylation is 1. The Kier molecular flexibility index (Phi) is 5.51. The number of rotatable bonds is 6. The van der Waals surface area contributed by atoms with Gasteiger partial charge in [-0.3, -0.25) is 4.79 Å². The molecule has 3 rings (SSSR count). The van der Waals surface area contributed by atoms with Crippen LogP contribution in [0, 0.1) is 6.92 Å². The van der Waals surface area contributed by atoms with Crippen molar-refractivity contribution in [2.45, 2.75) is 13.8 Å². The topological polar surface area (TPSA) is 88.2 Å². The van der Waals surface area contributed by atoms with Gasteiger partial charge in [-0.25, -0.2) is 4.98 Å². The molecular weight excluding hydrogens is 342 g/mol. The lowest BCUT2D eigenvalue weighted by molar-refractivity contribution is -0.114. The highest BCUT2D eigenvalue weighted by atomic mass is 16.5. The Morgan fingerprint density at radius 1 is 0.926 bits per heavy atom. The van der Waals surface area contributed by atoms with Gasteiger partial charge in [-0.15, -0.1) is 0 Å². The molecular formula is C20H21N5O2. The summed E-state index contributed by atoms with van der Waals surface area (Å²) < 4.78 is 5.17. The number of nitrogens with one attached hydrogen (secondary N) is 3. The minimum Gasteiger partial charge on any atom is -0.497 e. The second-order valence-corrected chi connectivity index (χ2v) is 5.96. The zero-order valence-electron chi connectivity index (χ0n) is 15.4. The number of carbonyl (C=O) groups is 1. The first-order chi connectivity index (χ1) is 13.0. The van der Waals surface area contributed by atoms with Crippen LogP contribution in [0.5, 0.6) is 5.75 Å². The number of nitrogens with zero attached hydrogens (tertiary/aromatic N) is 2. The van der Waals surface area contributed by atoms with Crippen molar-refractivity contribution in [1.29, 1.82) is 0 Å². The van der Waals surface area contributed by atoms with Crippen molar-refractivity contribution in [1.82, 2.24) is 9.97 Å². The number of amides is 1. The summed E-state index contributed by atoms with van der Waals surface area (Å²) in [5.41, 5.74) is 3.20. The third kappa shape index (κ3) is 5.18. The predicted octanol–water partition coefficient (Wildman–Crippen LogP) is 4.24. The molecule has 3 aromatic rings. The van der Waals surface area contributed by atoms with Crippen LogP contribution in [0.4, 0.5) is 28.8 Å². The van der Waals surface area contributed by atoms with Crippen LogP contribution in [0.1, 0.15) is 12.6 Å². The highest BCUT2D eigenvalue weighted by Gasteiger charge is 2.05. The highest BCUT2D eigenvalue weighted by Crippen LogP contribution is 2.22. The summed E-state index contributed by atoms with van der Waals surface area (Å²) in [6, 6.07) is 16.8. The zero-order chi connectivity index (χ0) is 19.2. The van der Waals surface area contributed by atoms with E-state index in [1.807, 2.05) is 61.5 Å². The summed E-state index contributed by atoms with van der Waals surface area (Å²) >= 11 is 0. The normalized spacial score (nSPS) is 10.2. The van der Waals surface area contributed by atoms with E-state index in [9.17, 15) is 4.79 Å². The minimum absolute atomic E-state index is 0.120. The summed E-state index contributed by atoms with van der Waals surface area (Å²) in [5.74, 6) is 1.81. The molecule has 2 aromatic carbocycles. The number of aromatic nitrogens is 2. The average Bonchev–Trinajstić information content (AvgIpc) is 2.61. The lowest BCUT2D eigenvalue weighted by atomic mass is 10.2. The van der Waals surface area contributed by atoms with E-state index < -0.39 is 0 Å². The van der Waals surface area contributed by atoms with E-state index in [0.29, 0.717) is 17.5 Å². The fourth-order valence-electron chi connectivity index (χ4n) is 2.52. The molecule has 7 heteroatoms. The van der Waals surface area contributed by atoms with Crippen molar-refractivity contribution in [3.8, 4) is 5.75 Å². The van der Waals surface area contributed by atoms with Gasteiger partial charge in [-0.1, -0.05) is 6.07 Å². The predicted molar refractivity (Wildman–Crippen MR) is 107 cm³/mol. The molecule has 0 aliphatic heterocycles. The first-order valence-corrected chi connectivity index (χ1v) is 8.43. The van der Waals surface area contributed by atoms with Gasteiger partial charge in [0.2, 0.25) is 11.9 Å². The lowest BCUT2D eigenvalue weighted by Crippen LogP contribution is -2.06. The lowest BCUT2D eigenvalue weighted by Gasteiger charge is -2.11. The Bertz CT molecular complexity index is 941. The second kappa shape index (κ2) is 8.18. The molecule has 0 aliphatic rings. The van der Waals surface area contributed by atoms with Crippen molar-refractivity contribution in [2.75, 3.05) is 23.1 Å². The molecule has 0 saturated carbocycles. The average molecular weight is 363 g/mol. The van der Waals surface area contributed by atoms with E-state index >= 15 is 0 Å². The van der Waals surface area contributed by atoms with Gasteiger partial charge < -0.3 is 20.7 Å². The second-order valence-electron chi connectivity index (χ2n) is 5.96. The Balaban J connectivity index is 1.77. The van der Waals surface area contributed by atoms with Crippen LogP contribution in [0.3, 0.4) is 0 Å². The van der Waals surface area contributed by atoms with Crippen LogP contribution in [-0.4, -0.2) is 23.0 Å². The number of carbonyl (C=O) groups excluding carboxylic acids is 1. The maximum Gasteiger partial charge on any atom is 0.229 e. The number of benzene rings is 2. The molecule has 3 N–H and O–H groups in total. The molecule has 1 heterocycles. The minimum atomic E-state index is -0.120. The SMILES string of the molecule is COc1ccc(Nc2cc(C)nc(Nc3cccc(NC(C)=O)c3)n2)cc1. The number of ether oxygens (including phenoxy) is 1. The van der Waals surface area contributed by atoms with Crippen LogP contribution in [0.15, 0.2) is 54.6 Å². The molecule has 0 bridgehead atoms. The summed E-state index contributed by atoms with van der Waals surface area (Å²) in [7, 11) is 1.63. The standard InChI is InChI=1S/C20H21N5O2/c1-13-11-19(23-15-7-9-18(27-3)10-8-15)25-20(21-13)24-17-6-4-5-16(12-17)22-14(2)26/h4-12H,1-3H3,(H,22,26)(H2,21,23,24,25). The third-order valence-corrected chi connectivity index (χ3v) is 3.66. The van der Waals surface area contributed by atoms with Crippen LogP contribution >= 0.6 is 0 Å². The summed E-state index contributed by atoms with van der Waals surface area (Å²) in [4.78, 5) is 20.1. The highest BCUT2D eigenvalue weighted by molar-refractivity contribution is 5.89. The fourth-order valence-corrected chi connectivity index (χ4v) is 2.52. The fraction of sp³-hybridized carbons (Fsp3) is 0.150. The van der Waals surface area contributed by atoms with E-state index in [-0.39, 0.29) is 5.91 Å².